The second kappa shape index (κ2) is 5.99. The highest BCUT2D eigenvalue weighted by molar-refractivity contribution is 5.68. The Morgan fingerprint density at radius 1 is 0.783 bits per heavy atom. The molecule has 2 nitrogen and oxygen atoms in total. The fraction of sp³-hybridized carbons (Fsp3) is 0.476. The van der Waals surface area contributed by atoms with E-state index in [1.54, 1.807) is 7.11 Å². The number of hydrogen-bond acceptors (Lipinski definition) is 1. The highest BCUT2D eigenvalue weighted by Gasteiger charge is 2.27. The monoisotopic (exact) mass is 312 g/mol. The SMILES string of the molecule is COc1c(C(C)(C)C)cc(-c2cc[n+](C)cc2)cc1C(C)(C)C. The maximum Gasteiger partial charge on any atom is 0.169 e. The van der Waals surface area contributed by atoms with Crippen LogP contribution >= 0.6 is 0 Å². The summed E-state index contributed by atoms with van der Waals surface area (Å²) in [7, 11) is 3.82. The molecule has 2 rings (SSSR count). The molecule has 0 unspecified atom stereocenters. The van der Waals surface area contributed by atoms with Gasteiger partial charge < -0.3 is 4.74 Å². The van der Waals surface area contributed by atoms with Gasteiger partial charge in [-0.1, -0.05) is 41.5 Å². The molecule has 23 heavy (non-hydrogen) atoms. The van der Waals surface area contributed by atoms with Gasteiger partial charge in [0.25, 0.3) is 0 Å². The summed E-state index contributed by atoms with van der Waals surface area (Å²) >= 11 is 0. The number of ether oxygens (including phenoxy) is 1. The molecule has 1 aromatic heterocycles. The fourth-order valence-corrected chi connectivity index (χ4v) is 2.82. The molecule has 2 heteroatoms. The number of nitrogens with zero attached hydrogens (tertiary/aromatic N) is 1. The van der Waals surface area contributed by atoms with Crippen LogP contribution < -0.4 is 9.30 Å². The Hall–Kier alpha value is -1.83. The molecule has 0 atom stereocenters. The third kappa shape index (κ3) is 3.74. The Kier molecular flexibility index (Phi) is 4.57. The number of rotatable bonds is 2. The van der Waals surface area contributed by atoms with E-state index < -0.39 is 0 Å². The van der Waals surface area contributed by atoms with Crippen molar-refractivity contribution in [2.45, 2.75) is 52.4 Å². The minimum absolute atomic E-state index is 0.0286. The molecular weight excluding hydrogens is 282 g/mol. The van der Waals surface area contributed by atoms with E-state index in [4.69, 9.17) is 4.74 Å². The van der Waals surface area contributed by atoms with Gasteiger partial charge >= 0.3 is 0 Å². The van der Waals surface area contributed by atoms with E-state index in [1.807, 2.05) is 7.05 Å². The van der Waals surface area contributed by atoms with Crippen LogP contribution in [-0.2, 0) is 17.9 Å². The first-order valence-electron chi connectivity index (χ1n) is 8.22. The second-order valence-corrected chi connectivity index (χ2v) is 8.36. The van der Waals surface area contributed by atoms with Crippen molar-refractivity contribution in [1.29, 1.82) is 0 Å². The number of aryl methyl sites for hydroxylation is 1. The summed E-state index contributed by atoms with van der Waals surface area (Å²) in [5.74, 6) is 1.02. The summed E-state index contributed by atoms with van der Waals surface area (Å²) in [5, 5.41) is 0. The zero-order chi connectivity index (χ0) is 17.4. The van der Waals surface area contributed by atoms with Crippen molar-refractivity contribution >= 4 is 0 Å². The summed E-state index contributed by atoms with van der Waals surface area (Å²) in [6.45, 7) is 13.5. The van der Waals surface area contributed by atoms with E-state index in [0.29, 0.717) is 0 Å². The summed E-state index contributed by atoms with van der Waals surface area (Å²) in [5.41, 5.74) is 5.07. The van der Waals surface area contributed by atoms with Gasteiger partial charge in [-0.25, -0.2) is 4.57 Å². The first kappa shape index (κ1) is 17.5. The smallest absolute Gasteiger partial charge is 0.169 e. The van der Waals surface area contributed by atoms with Gasteiger partial charge in [-0.3, -0.25) is 0 Å². The number of benzene rings is 1. The Labute approximate surface area is 141 Å². The first-order chi connectivity index (χ1) is 10.5. The zero-order valence-corrected chi connectivity index (χ0v) is 15.8. The van der Waals surface area contributed by atoms with Gasteiger partial charge in [-0.15, -0.1) is 0 Å². The van der Waals surface area contributed by atoms with Crippen LogP contribution in [0.3, 0.4) is 0 Å². The maximum atomic E-state index is 5.84. The van der Waals surface area contributed by atoms with Gasteiger partial charge in [0.2, 0.25) is 0 Å². The van der Waals surface area contributed by atoms with E-state index >= 15 is 0 Å². The van der Waals surface area contributed by atoms with Crippen molar-refractivity contribution in [2.75, 3.05) is 7.11 Å². The number of methoxy groups -OCH3 is 1. The van der Waals surface area contributed by atoms with Gasteiger partial charge in [0, 0.05) is 23.3 Å². The Balaban J connectivity index is 2.77. The standard InChI is InChI=1S/C21H30NO/c1-20(2,3)17-13-16(15-9-11-22(7)12-10-15)14-18(19(17)23-8)21(4,5)6/h9-14H,1-8H3/q+1. The van der Waals surface area contributed by atoms with Crippen LogP contribution in [0, 0.1) is 0 Å². The van der Waals surface area contributed by atoms with Crippen molar-refractivity contribution in [1.82, 2.24) is 0 Å². The molecule has 0 bridgehead atoms. The van der Waals surface area contributed by atoms with E-state index in [2.05, 4.69) is 82.8 Å². The molecule has 1 heterocycles. The molecular formula is C21H30NO+. The topological polar surface area (TPSA) is 13.1 Å². The van der Waals surface area contributed by atoms with Crippen LogP contribution in [0.25, 0.3) is 11.1 Å². The zero-order valence-electron chi connectivity index (χ0n) is 15.8. The van der Waals surface area contributed by atoms with Gasteiger partial charge in [-0.05, 0) is 34.1 Å². The van der Waals surface area contributed by atoms with Crippen LogP contribution in [0.5, 0.6) is 5.75 Å². The van der Waals surface area contributed by atoms with Crippen molar-refractivity contribution in [3.63, 3.8) is 0 Å². The van der Waals surface area contributed by atoms with Crippen LogP contribution in [0.4, 0.5) is 0 Å². The lowest BCUT2D eigenvalue weighted by Gasteiger charge is -2.30. The fourth-order valence-electron chi connectivity index (χ4n) is 2.82. The molecule has 0 aliphatic carbocycles. The molecule has 0 saturated heterocycles. The average molecular weight is 312 g/mol. The third-order valence-electron chi connectivity index (χ3n) is 4.22. The normalized spacial score (nSPS) is 12.3. The average Bonchev–Trinajstić information content (AvgIpc) is 2.44. The molecule has 0 aliphatic heterocycles. The summed E-state index contributed by atoms with van der Waals surface area (Å²) in [6.07, 6.45) is 4.18. The Morgan fingerprint density at radius 2 is 1.22 bits per heavy atom. The van der Waals surface area contributed by atoms with Crippen molar-refractivity contribution < 1.29 is 9.30 Å². The van der Waals surface area contributed by atoms with Crippen molar-refractivity contribution in [3.05, 3.63) is 47.8 Å². The molecule has 0 aliphatic rings. The predicted octanol–water partition coefficient (Wildman–Crippen LogP) is 4.78. The highest BCUT2D eigenvalue weighted by atomic mass is 16.5. The lowest BCUT2D eigenvalue weighted by molar-refractivity contribution is -0.671. The first-order valence-corrected chi connectivity index (χ1v) is 8.22. The minimum atomic E-state index is 0.0286. The molecule has 0 amide bonds. The van der Waals surface area contributed by atoms with Gasteiger partial charge in [0.1, 0.15) is 12.8 Å². The molecule has 2 aromatic rings. The highest BCUT2D eigenvalue weighted by Crippen LogP contribution is 2.42. The molecule has 1 aromatic carbocycles. The number of hydrogen-bond donors (Lipinski definition) is 0. The third-order valence-corrected chi connectivity index (χ3v) is 4.22. The molecule has 0 spiro atoms. The van der Waals surface area contributed by atoms with E-state index in [1.165, 1.54) is 22.3 Å². The summed E-state index contributed by atoms with van der Waals surface area (Å²) in [4.78, 5) is 0. The lowest BCUT2D eigenvalue weighted by atomic mass is 9.77. The van der Waals surface area contributed by atoms with Crippen LogP contribution in [0.1, 0.15) is 52.7 Å². The molecule has 0 N–H and O–H groups in total. The Morgan fingerprint density at radius 3 is 1.57 bits per heavy atom. The second-order valence-electron chi connectivity index (χ2n) is 8.36. The summed E-state index contributed by atoms with van der Waals surface area (Å²) in [6, 6.07) is 8.90. The predicted molar refractivity (Wildman–Crippen MR) is 97.0 cm³/mol. The van der Waals surface area contributed by atoms with E-state index in [0.717, 1.165) is 5.75 Å². The van der Waals surface area contributed by atoms with Crippen LogP contribution in [0.15, 0.2) is 36.7 Å². The van der Waals surface area contributed by atoms with E-state index in [9.17, 15) is 0 Å². The lowest BCUT2D eigenvalue weighted by Crippen LogP contribution is -2.25. The molecule has 0 radical (unpaired) electrons. The van der Waals surface area contributed by atoms with Gasteiger partial charge in [-0.2, -0.15) is 0 Å². The summed E-state index contributed by atoms with van der Waals surface area (Å²) < 4.78 is 7.89. The van der Waals surface area contributed by atoms with Crippen LogP contribution in [0.2, 0.25) is 0 Å². The molecule has 0 fully saturated rings. The van der Waals surface area contributed by atoms with Crippen LogP contribution in [-0.4, -0.2) is 7.11 Å². The maximum absolute atomic E-state index is 5.84. The van der Waals surface area contributed by atoms with Gasteiger partial charge in [0.15, 0.2) is 12.4 Å². The largest absolute Gasteiger partial charge is 0.496 e. The molecule has 124 valence electrons. The quantitative estimate of drug-likeness (QED) is 0.727. The van der Waals surface area contributed by atoms with Crippen molar-refractivity contribution in [3.8, 4) is 16.9 Å². The van der Waals surface area contributed by atoms with Crippen molar-refractivity contribution in [2.24, 2.45) is 7.05 Å². The van der Waals surface area contributed by atoms with E-state index in [-0.39, 0.29) is 10.8 Å². The Bertz CT molecular complexity index is 650. The minimum Gasteiger partial charge on any atom is -0.496 e. The number of pyridine rings is 1. The number of aromatic nitrogens is 1. The molecule has 0 saturated carbocycles. The van der Waals surface area contributed by atoms with Gasteiger partial charge in [0.05, 0.1) is 7.11 Å².